The largest absolute Gasteiger partial charge is 0.508 e. The van der Waals surface area contributed by atoms with E-state index in [4.69, 9.17) is 10.5 Å². The second kappa shape index (κ2) is 13.7. The minimum atomic E-state index is -0.646. The highest BCUT2D eigenvalue weighted by atomic mass is 16.5. The molecule has 0 amide bonds. The predicted octanol–water partition coefficient (Wildman–Crippen LogP) is 4.73. The molecule has 1 aromatic rings. The lowest BCUT2D eigenvalue weighted by atomic mass is 10.1. The molecule has 0 unspecified atom stereocenters. The third kappa shape index (κ3) is 10.8. The van der Waals surface area contributed by atoms with Crippen LogP contribution in [0.2, 0.25) is 0 Å². The van der Waals surface area contributed by atoms with E-state index < -0.39 is 6.04 Å². The number of hydrogen-bond acceptors (Lipinski definition) is 4. The van der Waals surface area contributed by atoms with E-state index in [0.717, 1.165) is 18.4 Å². The first kappa shape index (κ1) is 21.5. The van der Waals surface area contributed by atoms with Crippen LogP contribution in [0.3, 0.4) is 0 Å². The van der Waals surface area contributed by atoms with Crippen LogP contribution in [0, 0.1) is 0 Å². The Morgan fingerprint density at radius 2 is 1.48 bits per heavy atom. The fraction of sp³-hybridized carbons (Fsp3) is 0.667. The van der Waals surface area contributed by atoms with E-state index in [1.54, 1.807) is 24.3 Å². The zero-order valence-corrected chi connectivity index (χ0v) is 15.7. The molecule has 0 spiro atoms. The molecule has 3 N–H and O–H groups in total. The number of benzene rings is 1. The van der Waals surface area contributed by atoms with Gasteiger partial charge in [0.25, 0.3) is 0 Å². The Bertz CT molecular complexity index is 459. The summed E-state index contributed by atoms with van der Waals surface area (Å²) in [4.78, 5) is 11.9. The van der Waals surface area contributed by atoms with Crippen molar-refractivity contribution in [3.05, 3.63) is 29.8 Å². The van der Waals surface area contributed by atoms with E-state index in [-0.39, 0.29) is 11.7 Å². The first-order valence-corrected chi connectivity index (χ1v) is 9.83. The van der Waals surface area contributed by atoms with Crippen LogP contribution in [0.4, 0.5) is 0 Å². The molecule has 4 heteroatoms. The smallest absolute Gasteiger partial charge is 0.323 e. The Morgan fingerprint density at radius 1 is 0.960 bits per heavy atom. The number of hydrogen-bond donors (Lipinski definition) is 2. The zero-order chi connectivity index (χ0) is 18.3. The summed E-state index contributed by atoms with van der Waals surface area (Å²) < 4.78 is 5.26. The Labute approximate surface area is 152 Å². The van der Waals surface area contributed by atoms with E-state index >= 15 is 0 Å². The van der Waals surface area contributed by atoms with Gasteiger partial charge in [0.2, 0.25) is 0 Å². The van der Waals surface area contributed by atoms with Crippen LogP contribution >= 0.6 is 0 Å². The van der Waals surface area contributed by atoms with E-state index in [0.29, 0.717) is 13.0 Å². The van der Waals surface area contributed by atoms with Crippen molar-refractivity contribution in [1.29, 1.82) is 0 Å². The maximum Gasteiger partial charge on any atom is 0.323 e. The first-order valence-electron chi connectivity index (χ1n) is 9.83. The molecular formula is C21H35NO3. The Morgan fingerprint density at radius 3 is 2.04 bits per heavy atom. The van der Waals surface area contributed by atoms with Crippen LogP contribution in [-0.2, 0) is 16.0 Å². The van der Waals surface area contributed by atoms with Gasteiger partial charge < -0.3 is 15.6 Å². The number of carbonyl (C=O) groups is 1. The van der Waals surface area contributed by atoms with Gasteiger partial charge in [0.1, 0.15) is 11.8 Å². The van der Waals surface area contributed by atoms with Crippen LogP contribution in [0.5, 0.6) is 5.75 Å². The fourth-order valence-corrected chi connectivity index (χ4v) is 2.84. The monoisotopic (exact) mass is 349 g/mol. The second-order valence-corrected chi connectivity index (χ2v) is 6.83. The van der Waals surface area contributed by atoms with Crippen LogP contribution < -0.4 is 5.73 Å². The number of phenolic OH excluding ortho intramolecular Hbond substituents is 1. The molecule has 1 aromatic carbocycles. The van der Waals surface area contributed by atoms with Gasteiger partial charge in [0, 0.05) is 0 Å². The van der Waals surface area contributed by atoms with Gasteiger partial charge in [-0.2, -0.15) is 0 Å². The second-order valence-electron chi connectivity index (χ2n) is 6.83. The standard InChI is InChI=1S/C21H35NO3/c1-2-3-4-5-6-7-8-9-10-11-16-25-21(24)20(22)17-18-12-14-19(23)15-13-18/h12-15,20,23H,2-11,16-17,22H2,1H3/t20-/m1/s1. The van der Waals surface area contributed by atoms with Crippen molar-refractivity contribution in [3.63, 3.8) is 0 Å². The summed E-state index contributed by atoms with van der Waals surface area (Å²) in [5, 5.41) is 9.25. The van der Waals surface area contributed by atoms with Gasteiger partial charge in [0.15, 0.2) is 0 Å². The number of esters is 1. The summed E-state index contributed by atoms with van der Waals surface area (Å²) in [6, 6.07) is 6.08. The average molecular weight is 350 g/mol. The average Bonchev–Trinajstić information content (AvgIpc) is 2.61. The summed E-state index contributed by atoms with van der Waals surface area (Å²) in [5.41, 5.74) is 6.80. The lowest BCUT2D eigenvalue weighted by molar-refractivity contribution is -0.145. The number of phenols is 1. The highest BCUT2D eigenvalue weighted by Gasteiger charge is 2.15. The number of carbonyl (C=O) groups excluding carboxylic acids is 1. The number of ether oxygens (including phenoxy) is 1. The number of unbranched alkanes of at least 4 members (excludes halogenated alkanes) is 9. The van der Waals surface area contributed by atoms with Crippen LogP contribution in [0.1, 0.15) is 76.7 Å². The summed E-state index contributed by atoms with van der Waals surface area (Å²) in [6.45, 7) is 2.70. The van der Waals surface area contributed by atoms with Gasteiger partial charge in [-0.25, -0.2) is 0 Å². The lowest BCUT2D eigenvalue weighted by Gasteiger charge is -2.11. The summed E-state index contributed by atoms with van der Waals surface area (Å²) in [6.07, 6.45) is 13.0. The molecule has 0 heterocycles. The summed E-state index contributed by atoms with van der Waals surface area (Å²) >= 11 is 0. The van der Waals surface area contributed by atoms with E-state index in [9.17, 15) is 9.90 Å². The molecule has 0 aliphatic heterocycles. The molecule has 4 nitrogen and oxygen atoms in total. The Hall–Kier alpha value is -1.55. The van der Waals surface area contributed by atoms with Crippen molar-refractivity contribution >= 4 is 5.97 Å². The van der Waals surface area contributed by atoms with Gasteiger partial charge in [-0.1, -0.05) is 76.8 Å². The maximum atomic E-state index is 11.9. The molecule has 25 heavy (non-hydrogen) atoms. The molecule has 0 aliphatic carbocycles. The predicted molar refractivity (Wildman–Crippen MR) is 103 cm³/mol. The Kier molecular flexibility index (Phi) is 11.8. The first-order chi connectivity index (χ1) is 12.1. The van der Waals surface area contributed by atoms with Crippen molar-refractivity contribution in [1.82, 2.24) is 0 Å². The molecule has 0 fully saturated rings. The van der Waals surface area contributed by atoms with Crippen LogP contribution in [0.25, 0.3) is 0 Å². The van der Waals surface area contributed by atoms with Crippen molar-refractivity contribution in [3.8, 4) is 5.75 Å². The number of rotatable bonds is 14. The normalized spacial score (nSPS) is 12.1. The van der Waals surface area contributed by atoms with Crippen molar-refractivity contribution < 1.29 is 14.6 Å². The van der Waals surface area contributed by atoms with Gasteiger partial charge in [-0.3, -0.25) is 4.79 Å². The molecule has 0 aliphatic rings. The zero-order valence-electron chi connectivity index (χ0n) is 15.7. The highest BCUT2D eigenvalue weighted by molar-refractivity contribution is 5.75. The molecule has 0 saturated heterocycles. The molecule has 0 aromatic heterocycles. The molecule has 0 saturated carbocycles. The molecule has 0 radical (unpaired) electrons. The molecule has 142 valence electrons. The van der Waals surface area contributed by atoms with Crippen molar-refractivity contribution in [2.75, 3.05) is 6.61 Å². The topological polar surface area (TPSA) is 72.5 Å². The SMILES string of the molecule is CCCCCCCCCCCCOC(=O)[C@H](N)Cc1ccc(O)cc1. The molecule has 1 atom stereocenters. The molecular weight excluding hydrogens is 314 g/mol. The van der Waals surface area contributed by atoms with E-state index in [2.05, 4.69) is 6.92 Å². The molecule has 1 rings (SSSR count). The maximum absolute atomic E-state index is 11.9. The van der Waals surface area contributed by atoms with Crippen LogP contribution in [0.15, 0.2) is 24.3 Å². The van der Waals surface area contributed by atoms with E-state index in [1.807, 2.05) is 0 Å². The lowest BCUT2D eigenvalue weighted by Crippen LogP contribution is -2.34. The van der Waals surface area contributed by atoms with Crippen molar-refractivity contribution in [2.24, 2.45) is 5.73 Å². The number of aromatic hydroxyl groups is 1. The van der Waals surface area contributed by atoms with Crippen LogP contribution in [-0.4, -0.2) is 23.7 Å². The minimum Gasteiger partial charge on any atom is -0.508 e. The number of nitrogens with two attached hydrogens (primary N) is 1. The fourth-order valence-electron chi connectivity index (χ4n) is 2.84. The summed E-state index contributed by atoms with van der Waals surface area (Å²) in [7, 11) is 0. The van der Waals surface area contributed by atoms with Gasteiger partial charge in [-0.05, 0) is 30.5 Å². The highest BCUT2D eigenvalue weighted by Crippen LogP contribution is 2.12. The molecule has 0 bridgehead atoms. The van der Waals surface area contributed by atoms with Crippen molar-refractivity contribution in [2.45, 2.75) is 83.6 Å². The Balaban J connectivity index is 1.98. The minimum absolute atomic E-state index is 0.209. The third-order valence-electron chi connectivity index (χ3n) is 4.44. The van der Waals surface area contributed by atoms with Gasteiger partial charge >= 0.3 is 5.97 Å². The van der Waals surface area contributed by atoms with Gasteiger partial charge in [0.05, 0.1) is 6.61 Å². The third-order valence-corrected chi connectivity index (χ3v) is 4.44. The van der Waals surface area contributed by atoms with E-state index in [1.165, 1.54) is 51.4 Å². The summed E-state index contributed by atoms with van der Waals surface area (Å²) in [5.74, 6) is -0.134. The van der Waals surface area contributed by atoms with Gasteiger partial charge in [-0.15, -0.1) is 0 Å². The quantitative estimate of drug-likeness (QED) is 0.376.